The smallest absolute Gasteiger partial charge is 0.123 e. The summed E-state index contributed by atoms with van der Waals surface area (Å²) in [6.07, 6.45) is 22.3. The molecule has 1 aromatic carbocycles. The second-order valence-corrected chi connectivity index (χ2v) is 9.80. The largest absolute Gasteiger partial charge is 0.489 e. The molecule has 0 aliphatic heterocycles. The van der Waals surface area contributed by atoms with Gasteiger partial charge in [-0.2, -0.15) is 0 Å². The predicted molar refractivity (Wildman–Crippen MR) is 143 cm³/mol. The summed E-state index contributed by atoms with van der Waals surface area (Å²) in [7, 11) is 0. The second kappa shape index (κ2) is 20.6. The lowest BCUT2D eigenvalue weighted by molar-refractivity contribution is 0.190. The van der Waals surface area contributed by atoms with E-state index in [1.165, 1.54) is 95.5 Å². The van der Waals surface area contributed by atoms with Crippen molar-refractivity contribution in [1.29, 1.82) is 0 Å². The van der Waals surface area contributed by atoms with Gasteiger partial charge >= 0.3 is 0 Å². The van der Waals surface area contributed by atoms with Gasteiger partial charge in [-0.25, -0.2) is 0 Å². The van der Waals surface area contributed by atoms with E-state index < -0.39 is 0 Å². The summed E-state index contributed by atoms with van der Waals surface area (Å²) >= 11 is 0. The number of para-hydroxylation sites is 1. The van der Waals surface area contributed by atoms with Gasteiger partial charge < -0.3 is 10.1 Å². The molecule has 0 unspecified atom stereocenters. The molecule has 0 aliphatic carbocycles. The number of nitrogens with one attached hydrogen (secondary N) is 1. The molecule has 2 atom stereocenters. The highest BCUT2D eigenvalue weighted by atomic mass is 16.5. The maximum atomic E-state index is 6.38. The molecular formula is C30H55NO. The normalized spacial score (nSPS) is 13.2. The second-order valence-electron chi connectivity index (χ2n) is 9.80. The third-order valence-electron chi connectivity index (χ3n) is 6.89. The summed E-state index contributed by atoms with van der Waals surface area (Å²) in [6, 6.07) is 8.58. The van der Waals surface area contributed by atoms with E-state index in [4.69, 9.17) is 4.74 Å². The first-order valence-electron chi connectivity index (χ1n) is 14.2. The van der Waals surface area contributed by atoms with Crippen molar-refractivity contribution in [2.24, 2.45) is 0 Å². The summed E-state index contributed by atoms with van der Waals surface area (Å²) < 4.78 is 6.38. The van der Waals surface area contributed by atoms with E-state index >= 15 is 0 Å². The molecule has 186 valence electrons. The Hall–Kier alpha value is -1.02. The van der Waals surface area contributed by atoms with Gasteiger partial charge in [0.1, 0.15) is 11.9 Å². The van der Waals surface area contributed by atoms with Crippen LogP contribution in [0.2, 0.25) is 0 Å². The Labute approximate surface area is 201 Å². The molecule has 2 heteroatoms. The quantitative estimate of drug-likeness (QED) is 0.179. The van der Waals surface area contributed by atoms with Crippen molar-refractivity contribution in [3.63, 3.8) is 0 Å². The molecule has 0 radical (unpaired) electrons. The summed E-state index contributed by atoms with van der Waals surface area (Å²) in [5.74, 6) is 1.62. The van der Waals surface area contributed by atoms with E-state index in [2.05, 4.69) is 57.3 Å². The molecule has 0 saturated carbocycles. The molecule has 0 spiro atoms. The molecule has 32 heavy (non-hydrogen) atoms. The van der Waals surface area contributed by atoms with E-state index in [-0.39, 0.29) is 6.10 Å². The summed E-state index contributed by atoms with van der Waals surface area (Å²) in [4.78, 5) is 0. The van der Waals surface area contributed by atoms with Gasteiger partial charge in [-0.05, 0) is 43.4 Å². The first-order valence-corrected chi connectivity index (χ1v) is 14.2. The number of unbranched alkanes of at least 4 members (excludes halogenated alkanes) is 13. The van der Waals surface area contributed by atoms with Crippen molar-refractivity contribution in [1.82, 2.24) is 5.32 Å². The van der Waals surface area contributed by atoms with Gasteiger partial charge in [0.25, 0.3) is 0 Å². The lowest BCUT2D eigenvalue weighted by Gasteiger charge is -2.22. The van der Waals surface area contributed by atoms with E-state index in [0.717, 1.165) is 31.7 Å². The maximum Gasteiger partial charge on any atom is 0.123 e. The average molecular weight is 446 g/mol. The first kappa shape index (κ1) is 29.0. The van der Waals surface area contributed by atoms with Crippen molar-refractivity contribution in [2.45, 2.75) is 142 Å². The van der Waals surface area contributed by atoms with Crippen LogP contribution >= 0.6 is 0 Å². The van der Waals surface area contributed by atoms with Crippen LogP contribution in [0.15, 0.2) is 24.3 Å². The van der Waals surface area contributed by atoms with Gasteiger partial charge in [-0.3, -0.25) is 0 Å². The van der Waals surface area contributed by atoms with Crippen LogP contribution in [0.5, 0.6) is 5.75 Å². The fraction of sp³-hybridized carbons (Fsp3) is 0.800. The first-order chi connectivity index (χ1) is 15.7. The van der Waals surface area contributed by atoms with Crippen molar-refractivity contribution < 1.29 is 4.74 Å². The SMILES string of the molecule is CCCCCCCCCCCCCCCCNC[C@@H](CC)Oc1ccccc1[C@H](C)CC. The van der Waals surface area contributed by atoms with Crippen molar-refractivity contribution in [3.8, 4) is 5.75 Å². The number of benzene rings is 1. The van der Waals surface area contributed by atoms with Crippen LogP contribution in [0.4, 0.5) is 0 Å². The Bertz CT molecular complexity index is 529. The molecular weight excluding hydrogens is 390 g/mol. The van der Waals surface area contributed by atoms with Crippen LogP contribution in [-0.2, 0) is 0 Å². The minimum Gasteiger partial charge on any atom is -0.489 e. The van der Waals surface area contributed by atoms with Crippen LogP contribution in [-0.4, -0.2) is 19.2 Å². The fourth-order valence-electron chi connectivity index (χ4n) is 4.37. The standard InChI is InChI=1S/C30H55NO/c1-5-8-9-10-11-12-13-14-15-16-17-18-19-22-25-31-26-28(7-3)32-30-24-21-20-23-29(30)27(4)6-2/h20-21,23-24,27-28,31H,5-19,22,25-26H2,1-4H3/t27-,28-/m1/s1. The molecule has 0 aliphatic rings. The van der Waals surface area contributed by atoms with Crippen molar-refractivity contribution in [3.05, 3.63) is 29.8 Å². The molecule has 0 saturated heterocycles. The predicted octanol–water partition coefficient (Wildman–Crippen LogP) is 9.43. The molecule has 1 aromatic rings. The van der Waals surface area contributed by atoms with E-state index in [1.807, 2.05) is 0 Å². The van der Waals surface area contributed by atoms with Crippen LogP contribution in [0.25, 0.3) is 0 Å². The van der Waals surface area contributed by atoms with Crippen molar-refractivity contribution in [2.75, 3.05) is 13.1 Å². The van der Waals surface area contributed by atoms with Gasteiger partial charge in [0, 0.05) is 6.54 Å². The Morgan fingerprint density at radius 3 is 1.75 bits per heavy atom. The minimum atomic E-state index is 0.256. The third-order valence-corrected chi connectivity index (χ3v) is 6.89. The Morgan fingerprint density at radius 2 is 1.22 bits per heavy atom. The molecule has 1 rings (SSSR count). The van der Waals surface area contributed by atoms with Crippen LogP contribution < -0.4 is 10.1 Å². The van der Waals surface area contributed by atoms with Gasteiger partial charge in [0.05, 0.1) is 0 Å². The van der Waals surface area contributed by atoms with Gasteiger partial charge in [0.2, 0.25) is 0 Å². The molecule has 2 nitrogen and oxygen atoms in total. The zero-order valence-corrected chi connectivity index (χ0v) is 22.1. The zero-order chi connectivity index (χ0) is 23.3. The molecule has 0 heterocycles. The Kier molecular flexibility index (Phi) is 18.7. The van der Waals surface area contributed by atoms with E-state index in [1.54, 1.807) is 0 Å². The van der Waals surface area contributed by atoms with Crippen molar-refractivity contribution >= 4 is 0 Å². The third kappa shape index (κ3) is 14.2. The lowest BCUT2D eigenvalue weighted by Crippen LogP contribution is -2.31. The Morgan fingerprint density at radius 1 is 0.688 bits per heavy atom. The highest BCUT2D eigenvalue weighted by Gasteiger charge is 2.13. The van der Waals surface area contributed by atoms with Crippen LogP contribution in [0.3, 0.4) is 0 Å². The van der Waals surface area contributed by atoms with Crippen LogP contribution in [0.1, 0.15) is 142 Å². The summed E-state index contributed by atoms with van der Waals surface area (Å²) in [5, 5.41) is 3.64. The summed E-state index contributed by atoms with van der Waals surface area (Å²) in [5.41, 5.74) is 1.35. The van der Waals surface area contributed by atoms with Crippen LogP contribution in [0, 0.1) is 0 Å². The Balaban J connectivity index is 1.99. The number of rotatable bonds is 22. The molecule has 0 fully saturated rings. The van der Waals surface area contributed by atoms with Gasteiger partial charge in [-0.1, -0.05) is 129 Å². The maximum absolute atomic E-state index is 6.38. The van der Waals surface area contributed by atoms with E-state index in [9.17, 15) is 0 Å². The van der Waals surface area contributed by atoms with Gasteiger partial charge in [-0.15, -0.1) is 0 Å². The number of ether oxygens (including phenoxy) is 1. The molecule has 0 aromatic heterocycles. The van der Waals surface area contributed by atoms with Gasteiger partial charge in [0.15, 0.2) is 0 Å². The number of hydrogen-bond acceptors (Lipinski definition) is 2. The molecule has 0 amide bonds. The lowest BCUT2D eigenvalue weighted by atomic mass is 9.98. The fourth-order valence-corrected chi connectivity index (χ4v) is 4.37. The highest BCUT2D eigenvalue weighted by molar-refractivity contribution is 5.36. The average Bonchev–Trinajstić information content (AvgIpc) is 2.82. The highest BCUT2D eigenvalue weighted by Crippen LogP contribution is 2.29. The molecule has 0 bridgehead atoms. The zero-order valence-electron chi connectivity index (χ0n) is 22.1. The number of hydrogen-bond donors (Lipinski definition) is 1. The molecule has 1 N–H and O–H groups in total. The topological polar surface area (TPSA) is 21.3 Å². The minimum absolute atomic E-state index is 0.256. The van der Waals surface area contributed by atoms with E-state index in [0.29, 0.717) is 5.92 Å². The monoisotopic (exact) mass is 445 g/mol. The summed E-state index contributed by atoms with van der Waals surface area (Å²) in [6.45, 7) is 11.1.